The van der Waals surface area contributed by atoms with Crippen LogP contribution in [0.5, 0.6) is 0 Å². The summed E-state index contributed by atoms with van der Waals surface area (Å²) in [6.07, 6.45) is 0.0107. The van der Waals surface area contributed by atoms with E-state index in [4.69, 9.17) is 0 Å². The molecule has 2 aromatic rings. The van der Waals surface area contributed by atoms with Gasteiger partial charge in [-0.3, -0.25) is 9.59 Å². The quantitative estimate of drug-likeness (QED) is 0.819. The van der Waals surface area contributed by atoms with Crippen LogP contribution in [0.15, 0.2) is 36.4 Å². The summed E-state index contributed by atoms with van der Waals surface area (Å²) in [5.74, 6) is -2.66. The molecule has 2 aliphatic rings. The highest BCUT2D eigenvalue weighted by molar-refractivity contribution is 6.00. The fourth-order valence-electron chi connectivity index (χ4n) is 3.61. The first-order chi connectivity index (χ1) is 13.0. The van der Waals surface area contributed by atoms with Crippen molar-refractivity contribution in [3.63, 3.8) is 0 Å². The van der Waals surface area contributed by atoms with Gasteiger partial charge in [0.1, 0.15) is 11.6 Å². The van der Waals surface area contributed by atoms with Crippen molar-refractivity contribution >= 4 is 29.9 Å². The Balaban J connectivity index is 0.00000225. The van der Waals surface area contributed by atoms with Crippen molar-refractivity contribution in [3.8, 4) is 0 Å². The largest absolute Gasteiger partial charge is 0.352 e. The van der Waals surface area contributed by atoms with Gasteiger partial charge in [-0.2, -0.15) is 0 Å². The molecule has 1 atom stereocenters. The number of carbonyl (C=O) groups is 2. The summed E-state index contributed by atoms with van der Waals surface area (Å²) < 4.78 is 27.0. The van der Waals surface area contributed by atoms with Gasteiger partial charge in [-0.1, -0.05) is 18.2 Å². The number of benzene rings is 2. The molecule has 1 fully saturated rings. The van der Waals surface area contributed by atoms with Crippen molar-refractivity contribution in [2.24, 2.45) is 5.92 Å². The third kappa shape index (κ3) is 4.00. The van der Waals surface area contributed by atoms with Crippen LogP contribution in [0.4, 0.5) is 14.5 Å². The second kappa shape index (κ2) is 8.24. The number of rotatable bonds is 4. The lowest BCUT2D eigenvalue weighted by molar-refractivity contribution is -0.126. The van der Waals surface area contributed by atoms with Crippen LogP contribution in [0.1, 0.15) is 23.1 Å². The Bertz CT molecular complexity index is 922. The molecule has 148 valence electrons. The van der Waals surface area contributed by atoms with Crippen molar-refractivity contribution < 1.29 is 18.4 Å². The van der Waals surface area contributed by atoms with Gasteiger partial charge < -0.3 is 15.5 Å². The summed E-state index contributed by atoms with van der Waals surface area (Å²) in [4.78, 5) is 25.9. The third-order valence-electron chi connectivity index (χ3n) is 5.06. The molecule has 2 amide bonds. The number of nitrogens with one attached hydrogen (secondary N) is 2. The van der Waals surface area contributed by atoms with E-state index < -0.39 is 17.6 Å². The first-order valence-electron chi connectivity index (χ1n) is 8.86. The first-order valence-corrected chi connectivity index (χ1v) is 8.86. The van der Waals surface area contributed by atoms with Crippen LogP contribution in [0, 0.1) is 17.6 Å². The summed E-state index contributed by atoms with van der Waals surface area (Å²) in [5, 5.41) is 6.13. The van der Waals surface area contributed by atoms with E-state index in [1.165, 1.54) is 22.1 Å². The standard InChI is InChI=1S/C20H19F2N3O2.ClH/c21-16-3-4-18(17(22)7-16)25-11-15(6-19(25)26)20(27)24-8-12-1-2-13-9-23-10-14(13)5-12;/h1-5,7,15,23H,6,8-11H2,(H,24,27);1H. The number of carbonyl (C=O) groups excluding carboxylic acids is 2. The molecule has 8 heteroatoms. The summed E-state index contributed by atoms with van der Waals surface area (Å²) in [7, 11) is 0. The van der Waals surface area contributed by atoms with Crippen molar-refractivity contribution in [1.29, 1.82) is 0 Å². The van der Waals surface area contributed by atoms with Gasteiger partial charge in [0, 0.05) is 38.7 Å². The number of amides is 2. The van der Waals surface area contributed by atoms with Crippen LogP contribution in [-0.4, -0.2) is 18.4 Å². The fourth-order valence-corrected chi connectivity index (χ4v) is 3.61. The van der Waals surface area contributed by atoms with Crippen molar-refractivity contribution in [2.45, 2.75) is 26.1 Å². The predicted molar refractivity (Wildman–Crippen MR) is 103 cm³/mol. The molecule has 28 heavy (non-hydrogen) atoms. The Morgan fingerprint density at radius 3 is 2.71 bits per heavy atom. The highest BCUT2D eigenvalue weighted by atomic mass is 35.5. The maximum atomic E-state index is 13.9. The molecule has 0 bridgehead atoms. The van der Waals surface area contributed by atoms with Gasteiger partial charge in [0.05, 0.1) is 11.6 Å². The second-order valence-electron chi connectivity index (χ2n) is 6.93. The molecule has 2 heterocycles. The number of anilines is 1. The van der Waals surface area contributed by atoms with Gasteiger partial charge in [-0.05, 0) is 28.8 Å². The molecular formula is C20H20ClF2N3O2. The lowest BCUT2D eigenvalue weighted by Gasteiger charge is -2.17. The van der Waals surface area contributed by atoms with Gasteiger partial charge in [0.2, 0.25) is 11.8 Å². The van der Waals surface area contributed by atoms with E-state index in [1.807, 2.05) is 6.07 Å². The third-order valence-corrected chi connectivity index (χ3v) is 5.06. The lowest BCUT2D eigenvalue weighted by atomic mass is 10.1. The highest BCUT2D eigenvalue weighted by Crippen LogP contribution is 2.28. The van der Waals surface area contributed by atoms with Crippen LogP contribution in [0.25, 0.3) is 0 Å². The van der Waals surface area contributed by atoms with Gasteiger partial charge in [0.15, 0.2) is 0 Å². The molecule has 0 spiro atoms. The molecule has 1 unspecified atom stereocenters. The maximum absolute atomic E-state index is 13.9. The van der Waals surface area contributed by atoms with Crippen LogP contribution in [0.2, 0.25) is 0 Å². The Morgan fingerprint density at radius 1 is 1.14 bits per heavy atom. The van der Waals surface area contributed by atoms with E-state index in [2.05, 4.69) is 22.8 Å². The monoisotopic (exact) mass is 407 g/mol. The van der Waals surface area contributed by atoms with Crippen LogP contribution in [-0.2, 0) is 29.2 Å². The zero-order valence-electron chi connectivity index (χ0n) is 15.0. The van der Waals surface area contributed by atoms with Gasteiger partial charge >= 0.3 is 0 Å². The van der Waals surface area contributed by atoms with Crippen molar-refractivity contribution in [2.75, 3.05) is 11.4 Å². The van der Waals surface area contributed by atoms with Crippen LogP contribution >= 0.6 is 12.4 Å². The van der Waals surface area contributed by atoms with E-state index in [-0.39, 0.29) is 42.9 Å². The number of hydrogen-bond donors (Lipinski definition) is 2. The summed E-state index contributed by atoms with van der Waals surface area (Å²) >= 11 is 0. The van der Waals surface area contributed by atoms with E-state index in [9.17, 15) is 18.4 Å². The van der Waals surface area contributed by atoms with E-state index >= 15 is 0 Å². The molecule has 1 saturated heterocycles. The highest BCUT2D eigenvalue weighted by Gasteiger charge is 2.36. The molecule has 0 saturated carbocycles. The Morgan fingerprint density at radius 2 is 1.93 bits per heavy atom. The summed E-state index contributed by atoms with van der Waals surface area (Å²) in [5.41, 5.74) is 3.50. The van der Waals surface area contributed by atoms with E-state index in [0.717, 1.165) is 30.8 Å². The van der Waals surface area contributed by atoms with Gasteiger partial charge in [-0.15, -0.1) is 12.4 Å². The number of hydrogen-bond acceptors (Lipinski definition) is 3. The van der Waals surface area contributed by atoms with E-state index in [1.54, 1.807) is 0 Å². The fraction of sp³-hybridized carbons (Fsp3) is 0.300. The summed E-state index contributed by atoms with van der Waals surface area (Å²) in [6, 6.07) is 9.15. The molecule has 5 nitrogen and oxygen atoms in total. The molecule has 2 aliphatic heterocycles. The Kier molecular flexibility index (Phi) is 5.96. The Labute approximate surface area is 167 Å². The minimum atomic E-state index is -0.809. The molecule has 4 rings (SSSR count). The number of fused-ring (bicyclic) bond motifs is 1. The van der Waals surface area contributed by atoms with Crippen molar-refractivity contribution in [3.05, 3.63) is 64.7 Å². The number of nitrogens with zero attached hydrogens (tertiary/aromatic N) is 1. The minimum absolute atomic E-state index is 0. The zero-order chi connectivity index (χ0) is 19.0. The summed E-state index contributed by atoms with van der Waals surface area (Å²) in [6.45, 7) is 2.15. The maximum Gasteiger partial charge on any atom is 0.227 e. The number of halogens is 3. The predicted octanol–water partition coefficient (Wildman–Crippen LogP) is 2.66. The molecular weight excluding hydrogens is 388 g/mol. The second-order valence-corrected chi connectivity index (χ2v) is 6.93. The van der Waals surface area contributed by atoms with Gasteiger partial charge in [-0.25, -0.2) is 8.78 Å². The average molecular weight is 408 g/mol. The van der Waals surface area contributed by atoms with Gasteiger partial charge in [0.25, 0.3) is 0 Å². The average Bonchev–Trinajstić information content (AvgIpc) is 3.26. The molecule has 0 aliphatic carbocycles. The lowest BCUT2D eigenvalue weighted by Crippen LogP contribution is -2.32. The van der Waals surface area contributed by atoms with Crippen LogP contribution in [0.3, 0.4) is 0 Å². The molecule has 2 N–H and O–H groups in total. The SMILES string of the molecule is Cl.O=C(NCc1ccc2c(c1)CNC2)C1CC(=O)N(c2ccc(F)cc2F)C1. The molecule has 2 aromatic carbocycles. The Hall–Kier alpha value is -2.51. The zero-order valence-corrected chi connectivity index (χ0v) is 15.8. The molecule has 0 radical (unpaired) electrons. The topological polar surface area (TPSA) is 61.4 Å². The van der Waals surface area contributed by atoms with Crippen LogP contribution < -0.4 is 15.5 Å². The minimum Gasteiger partial charge on any atom is -0.352 e. The molecule has 0 aromatic heterocycles. The van der Waals surface area contributed by atoms with E-state index in [0.29, 0.717) is 6.54 Å². The first kappa shape index (κ1) is 20.2. The van der Waals surface area contributed by atoms with Crippen molar-refractivity contribution in [1.82, 2.24) is 10.6 Å². The smallest absolute Gasteiger partial charge is 0.227 e. The normalized spacial score (nSPS) is 18.0.